The number of rotatable bonds is 9. The first-order chi connectivity index (χ1) is 8.51. The third-order valence-corrected chi connectivity index (χ3v) is 4.34. The highest BCUT2D eigenvalue weighted by Crippen LogP contribution is 2.27. The molecule has 1 fully saturated rings. The Hall–Kier alpha value is -0.610. The molecule has 0 amide bonds. The molecule has 0 aromatic carbocycles. The topological polar surface area (TPSA) is 66.6 Å². The van der Waals surface area contributed by atoms with E-state index in [1.807, 2.05) is 6.92 Å². The lowest BCUT2D eigenvalue weighted by Crippen LogP contribution is -2.47. The van der Waals surface area contributed by atoms with Crippen LogP contribution >= 0.6 is 0 Å². The fourth-order valence-electron chi connectivity index (χ4n) is 2.47. The number of aliphatic carboxylic acids is 1. The second kappa shape index (κ2) is 7.10. The SMILES string of the molecule is CCN(CCCC(N)(CC)C(=O)O)CC1CCC1. The van der Waals surface area contributed by atoms with Crippen molar-refractivity contribution in [2.75, 3.05) is 19.6 Å². The molecule has 1 unspecified atom stereocenters. The van der Waals surface area contributed by atoms with E-state index < -0.39 is 11.5 Å². The predicted octanol–water partition coefficient (Wildman–Crippen LogP) is 2.08. The van der Waals surface area contributed by atoms with Crippen LogP contribution in [-0.2, 0) is 4.79 Å². The smallest absolute Gasteiger partial charge is 0.323 e. The summed E-state index contributed by atoms with van der Waals surface area (Å²) in [5.74, 6) is 0.00488. The van der Waals surface area contributed by atoms with Crippen LogP contribution in [0.2, 0.25) is 0 Å². The van der Waals surface area contributed by atoms with Gasteiger partial charge in [-0.2, -0.15) is 0 Å². The number of hydrogen-bond donors (Lipinski definition) is 2. The first-order valence-electron chi connectivity index (χ1n) is 7.26. The molecule has 3 N–H and O–H groups in total. The molecule has 0 aromatic heterocycles. The van der Waals surface area contributed by atoms with E-state index in [4.69, 9.17) is 10.8 Å². The predicted molar refractivity (Wildman–Crippen MR) is 73.5 cm³/mol. The fourth-order valence-corrected chi connectivity index (χ4v) is 2.47. The van der Waals surface area contributed by atoms with E-state index in [9.17, 15) is 4.79 Å². The Morgan fingerprint density at radius 1 is 1.44 bits per heavy atom. The number of nitrogens with two attached hydrogens (primary N) is 1. The van der Waals surface area contributed by atoms with Crippen molar-refractivity contribution in [2.45, 2.75) is 57.9 Å². The molecule has 4 nitrogen and oxygen atoms in total. The third kappa shape index (κ3) is 4.25. The van der Waals surface area contributed by atoms with Gasteiger partial charge < -0.3 is 15.7 Å². The van der Waals surface area contributed by atoms with E-state index in [-0.39, 0.29) is 0 Å². The molecule has 0 spiro atoms. The highest BCUT2D eigenvalue weighted by atomic mass is 16.4. The molecule has 1 rings (SSSR count). The average Bonchev–Trinajstić information content (AvgIpc) is 2.30. The van der Waals surface area contributed by atoms with Crippen LogP contribution in [-0.4, -0.2) is 41.1 Å². The lowest BCUT2D eigenvalue weighted by molar-refractivity contribution is -0.143. The zero-order valence-electron chi connectivity index (χ0n) is 11.8. The van der Waals surface area contributed by atoms with E-state index in [2.05, 4.69) is 11.8 Å². The second-order valence-corrected chi connectivity index (χ2v) is 5.61. The summed E-state index contributed by atoms with van der Waals surface area (Å²) in [4.78, 5) is 13.5. The van der Waals surface area contributed by atoms with Gasteiger partial charge in [0.2, 0.25) is 0 Å². The van der Waals surface area contributed by atoms with Gasteiger partial charge in [0.05, 0.1) is 0 Å². The maximum Gasteiger partial charge on any atom is 0.323 e. The van der Waals surface area contributed by atoms with Crippen LogP contribution in [0.5, 0.6) is 0 Å². The van der Waals surface area contributed by atoms with Crippen LogP contribution in [0, 0.1) is 5.92 Å². The number of carbonyl (C=O) groups is 1. The van der Waals surface area contributed by atoms with Gasteiger partial charge in [0.25, 0.3) is 0 Å². The maximum absolute atomic E-state index is 11.1. The molecule has 1 aliphatic carbocycles. The van der Waals surface area contributed by atoms with Crippen molar-refractivity contribution >= 4 is 5.97 Å². The van der Waals surface area contributed by atoms with Gasteiger partial charge in [-0.05, 0) is 51.1 Å². The molecule has 0 aliphatic heterocycles. The zero-order chi connectivity index (χ0) is 13.6. The molecule has 0 bridgehead atoms. The molecular weight excluding hydrogens is 228 g/mol. The van der Waals surface area contributed by atoms with Crippen LogP contribution in [0.1, 0.15) is 52.4 Å². The minimum atomic E-state index is -1.03. The van der Waals surface area contributed by atoms with Gasteiger partial charge in [0.1, 0.15) is 5.54 Å². The first kappa shape index (κ1) is 15.4. The Morgan fingerprint density at radius 2 is 2.11 bits per heavy atom. The lowest BCUT2D eigenvalue weighted by atomic mass is 9.85. The Morgan fingerprint density at radius 3 is 2.50 bits per heavy atom. The second-order valence-electron chi connectivity index (χ2n) is 5.61. The highest BCUT2D eigenvalue weighted by molar-refractivity contribution is 5.78. The molecule has 1 atom stereocenters. The van der Waals surface area contributed by atoms with Crippen molar-refractivity contribution in [3.05, 3.63) is 0 Å². The van der Waals surface area contributed by atoms with Gasteiger partial charge in [-0.25, -0.2) is 0 Å². The Kier molecular flexibility index (Phi) is 6.09. The number of hydrogen-bond acceptors (Lipinski definition) is 3. The van der Waals surface area contributed by atoms with Crippen molar-refractivity contribution < 1.29 is 9.90 Å². The molecule has 0 radical (unpaired) electrons. The summed E-state index contributed by atoms with van der Waals surface area (Å²) in [6.07, 6.45) is 6.04. The summed E-state index contributed by atoms with van der Waals surface area (Å²) in [6.45, 7) is 7.21. The molecular formula is C14H28N2O2. The van der Waals surface area contributed by atoms with Crippen molar-refractivity contribution in [1.82, 2.24) is 4.90 Å². The van der Waals surface area contributed by atoms with E-state index in [0.717, 1.165) is 25.4 Å². The van der Waals surface area contributed by atoms with Crippen LogP contribution < -0.4 is 5.73 Å². The average molecular weight is 256 g/mol. The fraction of sp³-hybridized carbons (Fsp3) is 0.929. The third-order valence-electron chi connectivity index (χ3n) is 4.34. The van der Waals surface area contributed by atoms with E-state index in [0.29, 0.717) is 12.8 Å². The normalized spacial score (nSPS) is 19.6. The quantitative estimate of drug-likeness (QED) is 0.663. The van der Waals surface area contributed by atoms with Gasteiger partial charge in [0.15, 0.2) is 0 Å². The lowest BCUT2D eigenvalue weighted by Gasteiger charge is -2.32. The van der Waals surface area contributed by atoms with Gasteiger partial charge >= 0.3 is 5.97 Å². The molecule has 1 aliphatic rings. The van der Waals surface area contributed by atoms with Crippen LogP contribution in [0.25, 0.3) is 0 Å². The summed E-state index contributed by atoms with van der Waals surface area (Å²) in [7, 11) is 0. The molecule has 1 saturated carbocycles. The first-order valence-corrected chi connectivity index (χ1v) is 7.26. The van der Waals surface area contributed by atoms with Crippen LogP contribution in [0.3, 0.4) is 0 Å². The summed E-state index contributed by atoms with van der Waals surface area (Å²) in [6, 6.07) is 0. The highest BCUT2D eigenvalue weighted by Gasteiger charge is 2.31. The van der Waals surface area contributed by atoms with E-state index in [1.54, 1.807) is 0 Å². The van der Waals surface area contributed by atoms with Gasteiger partial charge in [-0.1, -0.05) is 20.3 Å². The monoisotopic (exact) mass is 256 g/mol. The Balaban J connectivity index is 2.27. The van der Waals surface area contributed by atoms with Gasteiger partial charge in [0, 0.05) is 6.54 Å². The number of carboxylic acid groups (broad SMARTS) is 1. The Bertz CT molecular complexity index is 267. The number of carboxylic acids is 1. The number of nitrogens with zero attached hydrogens (tertiary/aromatic N) is 1. The molecule has 4 heteroatoms. The minimum absolute atomic E-state index is 0.497. The van der Waals surface area contributed by atoms with Gasteiger partial charge in [-0.3, -0.25) is 4.79 Å². The van der Waals surface area contributed by atoms with Gasteiger partial charge in [-0.15, -0.1) is 0 Å². The standard InChI is InChI=1S/C14H28N2O2/c1-3-14(15,13(17)18)9-6-10-16(4-2)11-12-7-5-8-12/h12H,3-11,15H2,1-2H3,(H,17,18). The summed E-state index contributed by atoms with van der Waals surface area (Å²) < 4.78 is 0. The summed E-state index contributed by atoms with van der Waals surface area (Å²) in [5, 5.41) is 9.11. The zero-order valence-corrected chi connectivity index (χ0v) is 11.8. The van der Waals surface area contributed by atoms with Crippen molar-refractivity contribution in [3.63, 3.8) is 0 Å². The molecule has 18 heavy (non-hydrogen) atoms. The largest absolute Gasteiger partial charge is 0.480 e. The summed E-state index contributed by atoms with van der Waals surface area (Å²) in [5.41, 5.74) is 4.86. The molecule has 106 valence electrons. The maximum atomic E-state index is 11.1. The van der Waals surface area contributed by atoms with Crippen molar-refractivity contribution in [3.8, 4) is 0 Å². The molecule has 0 heterocycles. The van der Waals surface area contributed by atoms with E-state index >= 15 is 0 Å². The minimum Gasteiger partial charge on any atom is -0.480 e. The summed E-state index contributed by atoms with van der Waals surface area (Å²) >= 11 is 0. The van der Waals surface area contributed by atoms with Crippen LogP contribution in [0.4, 0.5) is 0 Å². The van der Waals surface area contributed by atoms with Crippen LogP contribution in [0.15, 0.2) is 0 Å². The van der Waals surface area contributed by atoms with Crippen molar-refractivity contribution in [2.24, 2.45) is 11.7 Å². The van der Waals surface area contributed by atoms with E-state index in [1.165, 1.54) is 25.8 Å². The molecule has 0 saturated heterocycles. The Labute approximate surface area is 111 Å². The molecule has 0 aromatic rings. The van der Waals surface area contributed by atoms with Crippen molar-refractivity contribution in [1.29, 1.82) is 0 Å².